The predicted octanol–water partition coefficient (Wildman–Crippen LogP) is 0.281. The van der Waals surface area contributed by atoms with Gasteiger partial charge in [-0.05, 0) is 26.2 Å². The van der Waals surface area contributed by atoms with E-state index in [9.17, 15) is 18.0 Å². The zero-order valence-corrected chi connectivity index (χ0v) is 13.6. The van der Waals surface area contributed by atoms with Gasteiger partial charge in [-0.25, -0.2) is 8.42 Å². The maximum Gasteiger partial charge on any atom is 0.226 e. The van der Waals surface area contributed by atoms with Crippen molar-refractivity contribution >= 4 is 21.7 Å². The summed E-state index contributed by atoms with van der Waals surface area (Å²) in [5.41, 5.74) is 0. The Kier molecular flexibility index (Phi) is 4.91. The first kappa shape index (κ1) is 16.3. The average molecular weight is 316 g/mol. The number of carbonyl (C=O) groups excluding carboxylic acids is 2. The second kappa shape index (κ2) is 6.34. The van der Waals surface area contributed by atoms with Crippen LogP contribution in [0.5, 0.6) is 0 Å². The Hall–Kier alpha value is -1.11. The monoisotopic (exact) mass is 316 g/mol. The molecule has 0 spiro atoms. The summed E-state index contributed by atoms with van der Waals surface area (Å²) in [6.45, 7) is 5.22. The molecule has 6 nitrogen and oxygen atoms in total. The molecule has 2 saturated heterocycles. The first-order chi connectivity index (χ1) is 9.84. The summed E-state index contributed by atoms with van der Waals surface area (Å²) in [5, 5.41) is 0. The minimum Gasteiger partial charge on any atom is -0.343 e. The molecular weight excluding hydrogens is 292 g/mol. The van der Waals surface area contributed by atoms with Gasteiger partial charge in [0.2, 0.25) is 11.8 Å². The second-order valence-electron chi connectivity index (χ2n) is 5.96. The molecule has 2 heterocycles. The van der Waals surface area contributed by atoms with Gasteiger partial charge >= 0.3 is 0 Å². The first-order valence-corrected chi connectivity index (χ1v) is 9.42. The average Bonchev–Trinajstić information content (AvgIpc) is 2.79. The Morgan fingerprint density at radius 3 is 2.24 bits per heavy atom. The normalized spacial score (nSPS) is 25.8. The minimum atomic E-state index is -2.98. The molecule has 7 heteroatoms. The third-order valence-electron chi connectivity index (χ3n) is 4.56. The highest BCUT2D eigenvalue weighted by atomic mass is 32.2. The molecule has 1 unspecified atom stereocenters. The molecule has 0 radical (unpaired) electrons. The molecule has 0 N–H and O–H groups in total. The van der Waals surface area contributed by atoms with E-state index in [4.69, 9.17) is 0 Å². The Morgan fingerprint density at radius 2 is 1.81 bits per heavy atom. The van der Waals surface area contributed by atoms with Crippen LogP contribution in [0.25, 0.3) is 0 Å². The second-order valence-corrected chi connectivity index (χ2v) is 8.19. The Morgan fingerprint density at radius 1 is 1.19 bits per heavy atom. The Bertz CT molecular complexity index is 509. The number of hydrogen-bond donors (Lipinski definition) is 0. The van der Waals surface area contributed by atoms with Crippen molar-refractivity contribution in [2.75, 3.05) is 31.1 Å². The van der Waals surface area contributed by atoms with E-state index in [1.165, 1.54) is 0 Å². The van der Waals surface area contributed by atoms with E-state index in [2.05, 4.69) is 0 Å². The SMILES string of the molecule is CCN(C(=O)C1CCN(C(C)=O)CC1)C1CCS(=O)(=O)C1. The van der Waals surface area contributed by atoms with Gasteiger partial charge in [0.15, 0.2) is 9.84 Å². The summed E-state index contributed by atoms with van der Waals surface area (Å²) in [6, 6.07) is -0.168. The fourth-order valence-corrected chi connectivity index (χ4v) is 5.02. The molecule has 1 atom stereocenters. The van der Waals surface area contributed by atoms with Crippen LogP contribution in [0.1, 0.15) is 33.1 Å². The maximum absolute atomic E-state index is 12.6. The van der Waals surface area contributed by atoms with Crippen molar-refractivity contribution in [3.05, 3.63) is 0 Å². The van der Waals surface area contributed by atoms with Gasteiger partial charge in [-0.3, -0.25) is 9.59 Å². The number of hydrogen-bond acceptors (Lipinski definition) is 4. The highest BCUT2D eigenvalue weighted by molar-refractivity contribution is 7.91. The van der Waals surface area contributed by atoms with Crippen molar-refractivity contribution in [3.8, 4) is 0 Å². The van der Waals surface area contributed by atoms with Crippen molar-refractivity contribution < 1.29 is 18.0 Å². The van der Waals surface area contributed by atoms with Crippen molar-refractivity contribution in [1.82, 2.24) is 9.80 Å². The van der Waals surface area contributed by atoms with E-state index >= 15 is 0 Å². The van der Waals surface area contributed by atoms with Crippen LogP contribution in [-0.2, 0) is 19.4 Å². The fourth-order valence-electron chi connectivity index (χ4n) is 3.29. The Labute approximate surface area is 126 Å². The van der Waals surface area contributed by atoms with Crippen LogP contribution >= 0.6 is 0 Å². The molecule has 0 aromatic carbocycles. The van der Waals surface area contributed by atoms with E-state index in [0.29, 0.717) is 38.9 Å². The third-order valence-corrected chi connectivity index (χ3v) is 6.31. The largest absolute Gasteiger partial charge is 0.343 e. The van der Waals surface area contributed by atoms with Crippen LogP contribution in [0.15, 0.2) is 0 Å². The van der Waals surface area contributed by atoms with Crippen LogP contribution in [-0.4, -0.2) is 67.2 Å². The lowest BCUT2D eigenvalue weighted by Gasteiger charge is -2.35. The van der Waals surface area contributed by atoms with E-state index in [1.807, 2.05) is 6.92 Å². The van der Waals surface area contributed by atoms with Crippen LogP contribution in [0.3, 0.4) is 0 Å². The number of piperidine rings is 1. The van der Waals surface area contributed by atoms with E-state index < -0.39 is 9.84 Å². The molecule has 2 aliphatic rings. The molecule has 2 rings (SSSR count). The molecular formula is C14H24N2O4S. The van der Waals surface area contributed by atoms with E-state index in [1.54, 1.807) is 16.7 Å². The number of carbonyl (C=O) groups is 2. The molecule has 0 aromatic rings. The standard InChI is InChI=1S/C14H24N2O4S/c1-3-16(13-6-9-21(19,20)10-13)14(18)12-4-7-15(8-5-12)11(2)17/h12-13H,3-10H2,1-2H3. The van der Waals surface area contributed by atoms with Crippen molar-refractivity contribution in [2.24, 2.45) is 5.92 Å². The lowest BCUT2D eigenvalue weighted by Crippen LogP contribution is -2.47. The van der Waals surface area contributed by atoms with Gasteiger partial charge in [-0.1, -0.05) is 0 Å². The maximum atomic E-state index is 12.6. The lowest BCUT2D eigenvalue weighted by molar-refractivity contribution is -0.141. The summed E-state index contributed by atoms with van der Waals surface area (Å²) in [4.78, 5) is 27.4. The molecule has 0 saturated carbocycles. The molecule has 120 valence electrons. The number of amides is 2. The van der Waals surface area contributed by atoms with Crippen LogP contribution in [0.2, 0.25) is 0 Å². The number of rotatable bonds is 3. The molecule has 2 fully saturated rings. The Balaban J connectivity index is 1.97. The molecule has 21 heavy (non-hydrogen) atoms. The van der Waals surface area contributed by atoms with Gasteiger partial charge in [0.1, 0.15) is 0 Å². The highest BCUT2D eigenvalue weighted by Crippen LogP contribution is 2.24. The predicted molar refractivity (Wildman–Crippen MR) is 79.4 cm³/mol. The van der Waals surface area contributed by atoms with Gasteiger partial charge in [-0.15, -0.1) is 0 Å². The van der Waals surface area contributed by atoms with E-state index in [-0.39, 0.29) is 35.3 Å². The molecule has 0 aromatic heterocycles. The first-order valence-electron chi connectivity index (χ1n) is 7.60. The quantitative estimate of drug-likeness (QED) is 0.749. The zero-order valence-electron chi connectivity index (χ0n) is 12.7. The van der Waals surface area contributed by atoms with Crippen LogP contribution in [0, 0.1) is 5.92 Å². The summed E-state index contributed by atoms with van der Waals surface area (Å²) < 4.78 is 23.2. The van der Waals surface area contributed by atoms with Gasteiger partial charge in [0.05, 0.1) is 11.5 Å². The summed E-state index contributed by atoms with van der Waals surface area (Å²) in [6.07, 6.45) is 1.90. The molecule has 2 amide bonds. The zero-order chi connectivity index (χ0) is 15.6. The molecule has 0 aliphatic carbocycles. The van der Waals surface area contributed by atoms with Crippen molar-refractivity contribution in [3.63, 3.8) is 0 Å². The van der Waals surface area contributed by atoms with Crippen molar-refractivity contribution in [2.45, 2.75) is 39.2 Å². The van der Waals surface area contributed by atoms with Gasteiger partial charge in [0, 0.05) is 38.5 Å². The highest BCUT2D eigenvalue weighted by Gasteiger charge is 2.37. The van der Waals surface area contributed by atoms with E-state index in [0.717, 1.165) is 0 Å². The number of sulfone groups is 1. The number of likely N-dealkylation sites (tertiary alicyclic amines) is 1. The number of nitrogens with zero attached hydrogens (tertiary/aromatic N) is 2. The summed E-state index contributed by atoms with van der Waals surface area (Å²) in [7, 11) is -2.98. The van der Waals surface area contributed by atoms with Crippen LogP contribution in [0.4, 0.5) is 0 Å². The lowest BCUT2D eigenvalue weighted by atomic mass is 9.94. The van der Waals surface area contributed by atoms with Crippen LogP contribution < -0.4 is 0 Å². The fraction of sp³-hybridized carbons (Fsp3) is 0.857. The topological polar surface area (TPSA) is 74.8 Å². The third kappa shape index (κ3) is 3.75. The van der Waals surface area contributed by atoms with Gasteiger partial charge < -0.3 is 9.80 Å². The molecule has 2 aliphatic heterocycles. The smallest absolute Gasteiger partial charge is 0.226 e. The molecule has 0 bridgehead atoms. The van der Waals surface area contributed by atoms with Gasteiger partial charge in [-0.2, -0.15) is 0 Å². The summed E-state index contributed by atoms with van der Waals surface area (Å²) in [5.74, 6) is 0.310. The van der Waals surface area contributed by atoms with Crippen molar-refractivity contribution in [1.29, 1.82) is 0 Å². The summed E-state index contributed by atoms with van der Waals surface area (Å²) >= 11 is 0. The van der Waals surface area contributed by atoms with Gasteiger partial charge in [0.25, 0.3) is 0 Å². The minimum absolute atomic E-state index is 0.0510.